The first kappa shape index (κ1) is 14.5. The standard InChI is InChI=1S/C14H17BrN2OS/c1-3-12(15)14-17-16-13(19-14)7-8-18-11-6-4-5-10(2)9-11/h4-6,9,12H,3,7-8H2,1-2H3. The van der Waals surface area contributed by atoms with E-state index in [0.717, 1.165) is 28.6 Å². The Balaban J connectivity index is 1.84. The fraction of sp³-hybridized carbons (Fsp3) is 0.429. The van der Waals surface area contributed by atoms with Crippen LogP contribution in [-0.2, 0) is 6.42 Å². The average molecular weight is 341 g/mol. The second kappa shape index (κ2) is 7.01. The number of hydrogen-bond acceptors (Lipinski definition) is 4. The first-order valence-corrected chi connectivity index (χ1v) is 8.08. The minimum atomic E-state index is 0.316. The quantitative estimate of drug-likeness (QED) is 0.734. The van der Waals surface area contributed by atoms with Crippen molar-refractivity contribution in [1.29, 1.82) is 0 Å². The number of aromatic nitrogens is 2. The molecule has 0 aliphatic carbocycles. The van der Waals surface area contributed by atoms with Crippen LogP contribution < -0.4 is 4.74 Å². The van der Waals surface area contributed by atoms with Gasteiger partial charge in [0, 0.05) is 6.42 Å². The number of aryl methyl sites for hydroxylation is 1. The van der Waals surface area contributed by atoms with Gasteiger partial charge in [-0.05, 0) is 31.0 Å². The second-order valence-electron chi connectivity index (χ2n) is 4.32. The lowest BCUT2D eigenvalue weighted by molar-refractivity contribution is 0.321. The summed E-state index contributed by atoms with van der Waals surface area (Å²) < 4.78 is 5.71. The van der Waals surface area contributed by atoms with Crippen molar-refractivity contribution in [2.24, 2.45) is 0 Å². The first-order chi connectivity index (χ1) is 9.19. The van der Waals surface area contributed by atoms with E-state index in [-0.39, 0.29) is 0 Å². The van der Waals surface area contributed by atoms with Crippen molar-refractivity contribution in [3.05, 3.63) is 39.8 Å². The molecule has 1 atom stereocenters. The van der Waals surface area contributed by atoms with Crippen molar-refractivity contribution in [3.63, 3.8) is 0 Å². The molecular formula is C14H17BrN2OS. The van der Waals surface area contributed by atoms with E-state index in [0.29, 0.717) is 11.4 Å². The molecular weight excluding hydrogens is 324 g/mol. The lowest BCUT2D eigenvalue weighted by atomic mass is 10.2. The van der Waals surface area contributed by atoms with Gasteiger partial charge in [-0.25, -0.2) is 0 Å². The molecule has 0 radical (unpaired) electrons. The van der Waals surface area contributed by atoms with Gasteiger partial charge in [0.15, 0.2) is 0 Å². The highest BCUT2D eigenvalue weighted by molar-refractivity contribution is 9.09. The zero-order valence-corrected chi connectivity index (χ0v) is 13.5. The van der Waals surface area contributed by atoms with Crippen molar-refractivity contribution in [3.8, 4) is 5.75 Å². The van der Waals surface area contributed by atoms with Crippen LogP contribution in [0.3, 0.4) is 0 Å². The highest BCUT2D eigenvalue weighted by Gasteiger charge is 2.11. The molecule has 0 aliphatic heterocycles. The van der Waals surface area contributed by atoms with Crippen LogP contribution in [0.15, 0.2) is 24.3 Å². The maximum absolute atomic E-state index is 5.71. The van der Waals surface area contributed by atoms with E-state index in [9.17, 15) is 0 Å². The Hall–Kier alpha value is -0.940. The summed E-state index contributed by atoms with van der Waals surface area (Å²) in [5.74, 6) is 0.914. The summed E-state index contributed by atoms with van der Waals surface area (Å²) in [5, 5.41) is 10.5. The lowest BCUT2D eigenvalue weighted by Crippen LogP contribution is -2.01. The van der Waals surface area contributed by atoms with Crippen molar-refractivity contribution in [1.82, 2.24) is 10.2 Å². The maximum atomic E-state index is 5.71. The Kier molecular flexibility index (Phi) is 5.34. The molecule has 1 aromatic heterocycles. The molecule has 1 unspecified atom stereocenters. The highest BCUT2D eigenvalue weighted by atomic mass is 79.9. The third-order valence-corrected chi connectivity index (χ3v) is 5.16. The Morgan fingerprint density at radius 2 is 2.21 bits per heavy atom. The summed E-state index contributed by atoms with van der Waals surface area (Å²) in [5.41, 5.74) is 1.21. The molecule has 0 spiro atoms. The fourth-order valence-electron chi connectivity index (χ4n) is 1.63. The topological polar surface area (TPSA) is 35.0 Å². The van der Waals surface area contributed by atoms with Crippen LogP contribution in [0, 0.1) is 6.92 Å². The summed E-state index contributed by atoms with van der Waals surface area (Å²) in [6.45, 7) is 4.82. The SMILES string of the molecule is CCC(Br)c1nnc(CCOc2cccc(C)c2)s1. The summed E-state index contributed by atoms with van der Waals surface area (Å²) in [6.07, 6.45) is 1.82. The molecule has 0 bridgehead atoms. The smallest absolute Gasteiger partial charge is 0.131 e. The van der Waals surface area contributed by atoms with Gasteiger partial charge in [0.25, 0.3) is 0 Å². The zero-order valence-electron chi connectivity index (χ0n) is 11.1. The van der Waals surface area contributed by atoms with E-state index in [1.807, 2.05) is 18.2 Å². The van der Waals surface area contributed by atoms with Crippen molar-refractivity contribution in [2.75, 3.05) is 6.61 Å². The zero-order chi connectivity index (χ0) is 13.7. The molecule has 0 amide bonds. The van der Waals surface area contributed by atoms with Gasteiger partial charge < -0.3 is 4.74 Å². The molecule has 1 aromatic carbocycles. The van der Waals surface area contributed by atoms with Crippen LogP contribution >= 0.6 is 27.3 Å². The number of hydrogen-bond donors (Lipinski definition) is 0. The highest BCUT2D eigenvalue weighted by Crippen LogP contribution is 2.28. The summed E-state index contributed by atoms with van der Waals surface area (Å²) >= 11 is 5.24. The van der Waals surface area contributed by atoms with Crippen molar-refractivity contribution < 1.29 is 4.74 Å². The second-order valence-corrected chi connectivity index (χ2v) is 6.52. The fourth-order valence-corrected chi connectivity index (χ4v) is 2.89. The normalized spacial score (nSPS) is 12.4. The van der Waals surface area contributed by atoms with E-state index < -0.39 is 0 Å². The molecule has 2 aromatic rings. The summed E-state index contributed by atoms with van der Waals surface area (Å²) in [4.78, 5) is 0.316. The summed E-state index contributed by atoms with van der Waals surface area (Å²) in [6, 6.07) is 8.08. The Morgan fingerprint density at radius 1 is 1.37 bits per heavy atom. The van der Waals surface area contributed by atoms with Crippen molar-refractivity contribution >= 4 is 27.3 Å². The van der Waals surface area contributed by atoms with E-state index in [4.69, 9.17) is 4.74 Å². The van der Waals surface area contributed by atoms with E-state index in [2.05, 4.69) is 46.0 Å². The minimum Gasteiger partial charge on any atom is -0.493 e. The Morgan fingerprint density at radius 3 is 2.95 bits per heavy atom. The molecule has 19 heavy (non-hydrogen) atoms. The Bertz CT molecular complexity index is 530. The Labute approximate surface area is 126 Å². The minimum absolute atomic E-state index is 0.316. The number of halogens is 1. The average Bonchev–Trinajstić information content (AvgIpc) is 2.87. The number of benzene rings is 1. The molecule has 2 rings (SSSR count). The summed E-state index contributed by atoms with van der Waals surface area (Å²) in [7, 11) is 0. The van der Waals surface area contributed by atoms with Gasteiger partial charge in [-0.1, -0.05) is 35.0 Å². The maximum Gasteiger partial charge on any atom is 0.131 e. The van der Waals surface area contributed by atoms with Crippen LogP contribution in [0.25, 0.3) is 0 Å². The van der Waals surface area contributed by atoms with Gasteiger partial charge in [-0.3, -0.25) is 0 Å². The van der Waals surface area contributed by atoms with Gasteiger partial charge in [0.1, 0.15) is 15.8 Å². The van der Waals surface area contributed by atoms with Crippen LogP contribution in [0.2, 0.25) is 0 Å². The first-order valence-electron chi connectivity index (χ1n) is 6.35. The number of ether oxygens (including phenoxy) is 1. The number of alkyl halides is 1. The predicted octanol–water partition coefficient (Wildman–Crippen LogP) is 4.31. The van der Waals surface area contributed by atoms with Gasteiger partial charge in [-0.15, -0.1) is 21.5 Å². The molecule has 0 saturated carbocycles. The monoisotopic (exact) mass is 340 g/mol. The molecule has 102 valence electrons. The third kappa shape index (κ3) is 4.28. The molecule has 0 fully saturated rings. The van der Waals surface area contributed by atoms with Crippen LogP contribution in [0.5, 0.6) is 5.75 Å². The molecule has 0 N–H and O–H groups in total. The van der Waals surface area contributed by atoms with E-state index in [1.54, 1.807) is 11.3 Å². The van der Waals surface area contributed by atoms with Crippen LogP contribution in [0.1, 0.15) is 33.8 Å². The third-order valence-electron chi connectivity index (χ3n) is 2.68. The molecule has 0 saturated heterocycles. The molecule has 1 heterocycles. The van der Waals surface area contributed by atoms with Gasteiger partial charge in [0.05, 0.1) is 11.4 Å². The van der Waals surface area contributed by atoms with E-state index >= 15 is 0 Å². The molecule has 0 aliphatic rings. The predicted molar refractivity (Wildman–Crippen MR) is 82.2 cm³/mol. The lowest BCUT2D eigenvalue weighted by Gasteiger charge is -2.05. The van der Waals surface area contributed by atoms with Crippen LogP contribution in [0.4, 0.5) is 0 Å². The number of rotatable bonds is 6. The van der Waals surface area contributed by atoms with Crippen LogP contribution in [-0.4, -0.2) is 16.8 Å². The number of nitrogens with zero attached hydrogens (tertiary/aromatic N) is 2. The van der Waals surface area contributed by atoms with E-state index in [1.165, 1.54) is 5.56 Å². The van der Waals surface area contributed by atoms with Gasteiger partial charge >= 0.3 is 0 Å². The van der Waals surface area contributed by atoms with Gasteiger partial charge in [0.2, 0.25) is 0 Å². The van der Waals surface area contributed by atoms with Gasteiger partial charge in [-0.2, -0.15) is 0 Å². The largest absolute Gasteiger partial charge is 0.493 e. The molecule has 3 nitrogen and oxygen atoms in total. The molecule has 5 heteroatoms. The van der Waals surface area contributed by atoms with Crippen molar-refractivity contribution in [2.45, 2.75) is 31.5 Å².